The van der Waals surface area contributed by atoms with Gasteiger partial charge in [-0.3, -0.25) is 34.2 Å². The molecule has 1 heterocycles. The molecular weight excluding hydrogens is 256 g/mol. The van der Waals surface area contributed by atoms with Crippen LogP contribution in [0.3, 0.4) is 0 Å². The fourth-order valence-electron chi connectivity index (χ4n) is 1.09. The van der Waals surface area contributed by atoms with Crippen LogP contribution in [0.15, 0.2) is 12.2 Å². The number of imide groups is 2. The highest BCUT2D eigenvalue weighted by Gasteiger charge is 2.22. The number of ether oxygens (including phenoxy) is 1. The number of hydrogen-bond donors (Lipinski definition) is 1. The molecule has 1 aliphatic rings. The summed E-state index contributed by atoms with van der Waals surface area (Å²) in [5, 5.41) is 2.03. The largest absolute Gasteiger partial charge is 0.466 e. The van der Waals surface area contributed by atoms with Gasteiger partial charge >= 0.3 is 0 Å². The van der Waals surface area contributed by atoms with E-state index in [-0.39, 0.29) is 43.3 Å². The van der Waals surface area contributed by atoms with Crippen molar-refractivity contribution in [2.45, 2.75) is 13.8 Å². The highest BCUT2D eigenvalue weighted by molar-refractivity contribution is 6.12. The van der Waals surface area contributed by atoms with E-state index in [1.54, 1.807) is 0 Å². The second kappa shape index (κ2) is 8.56. The lowest BCUT2D eigenvalue weighted by Crippen LogP contribution is -2.33. The third-order valence-electron chi connectivity index (χ3n) is 1.75. The quantitative estimate of drug-likeness (QED) is 0.388. The second-order valence-electron chi connectivity index (χ2n) is 3.37. The van der Waals surface area contributed by atoms with E-state index in [1.807, 2.05) is 5.32 Å². The Hall–Kier alpha value is -2.51. The van der Waals surface area contributed by atoms with Crippen LogP contribution in [0.25, 0.3) is 0 Å². The summed E-state index contributed by atoms with van der Waals surface area (Å²) >= 11 is 0. The number of rotatable bonds is 4. The molecule has 0 radical (unpaired) electrons. The van der Waals surface area contributed by atoms with Crippen LogP contribution in [0.4, 0.5) is 0 Å². The lowest BCUT2D eigenvalue weighted by atomic mass is 10.5. The molecule has 1 aliphatic heterocycles. The third kappa shape index (κ3) is 7.42. The summed E-state index contributed by atoms with van der Waals surface area (Å²) in [4.78, 5) is 52.3. The summed E-state index contributed by atoms with van der Waals surface area (Å²) < 4.78 is 4.34. The molecule has 0 aromatic heterocycles. The maximum absolute atomic E-state index is 10.9. The zero-order valence-corrected chi connectivity index (χ0v) is 10.5. The van der Waals surface area contributed by atoms with Gasteiger partial charge in [-0.05, 0) is 0 Å². The Morgan fingerprint density at radius 3 is 2.00 bits per heavy atom. The van der Waals surface area contributed by atoms with Crippen LogP contribution >= 0.6 is 0 Å². The molecule has 19 heavy (non-hydrogen) atoms. The molecule has 0 spiro atoms. The number of carbonyl (C=O) groups is 5. The summed E-state index contributed by atoms with van der Waals surface area (Å²) in [5.74, 6) is -1.36. The number of carbonyl (C=O) groups excluding carboxylic acids is 5. The van der Waals surface area contributed by atoms with Crippen molar-refractivity contribution in [2.24, 2.45) is 0 Å². The Morgan fingerprint density at radius 1 is 1.21 bits per heavy atom. The first-order chi connectivity index (χ1) is 8.88. The molecule has 0 unspecified atom stereocenters. The highest BCUT2D eigenvalue weighted by atomic mass is 16.5. The van der Waals surface area contributed by atoms with E-state index in [1.165, 1.54) is 26.0 Å². The molecule has 0 aromatic carbocycles. The minimum Gasteiger partial charge on any atom is -0.466 e. The highest BCUT2D eigenvalue weighted by Crippen LogP contribution is 2.01. The molecule has 0 saturated carbocycles. The normalized spacial score (nSPS) is 12.6. The number of amides is 4. The number of hydrogen-bond acceptors (Lipinski definition) is 6. The van der Waals surface area contributed by atoms with Gasteiger partial charge in [0.05, 0.1) is 6.54 Å². The average molecular weight is 270 g/mol. The van der Waals surface area contributed by atoms with Gasteiger partial charge in [-0.2, -0.15) is 0 Å². The van der Waals surface area contributed by atoms with Crippen LogP contribution in [0.1, 0.15) is 13.8 Å². The van der Waals surface area contributed by atoms with Crippen molar-refractivity contribution in [1.82, 2.24) is 10.2 Å². The topological polar surface area (TPSA) is 110 Å². The van der Waals surface area contributed by atoms with Gasteiger partial charge in [0.15, 0.2) is 0 Å². The van der Waals surface area contributed by atoms with E-state index in [0.29, 0.717) is 0 Å². The number of nitrogens with zero attached hydrogens (tertiary/aromatic N) is 1. The van der Waals surface area contributed by atoms with Crippen LogP contribution in [-0.2, 0) is 28.7 Å². The van der Waals surface area contributed by atoms with Gasteiger partial charge in [-0.15, -0.1) is 0 Å². The van der Waals surface area contributed by atoms with Crippen molar-refractivity contribution >= 4 is 30.1 Å². The fourth-order valence-corrected chi connectivity index (χ4v) is 1.09. The van der Waals surface area contributed by atoms with E-state index in [0.717, 1.165) is 4.90 Å². The first-order valence-corrected chi connectivity index (χ1v) is 5.25. The molecule has 4 amide bonds. The molecule has 104 valence electrons. The minimum absolute atomic E-state index is 0.0443. The van der Waals surface area contributed by atoms with Crippen molar-refractivity contribution in [3.63, 3.8) is 0 Å². The minimum atomic E-state index is -0.366. The van der Waals surface area contributed by atoms with Crippen LogP contribution in [0, 0.1) is 0 Å². The van der Waals surface area contributed by atoms with Gasteiger partial charge in [0.2, 0.25) is 11.8 Å². The van der Waals surface area contributed by atoms with Crippen molar-refractivity contribution in [1.29, 1.82) is 0 Å². The van der Waals surface area contributed by atoms with E-state index in [9.17, 15) is 24.0 Å². The van der Waals surface area contributed by atoms with Gasteiger partial charge in [0, 0.05) is 26.0 Å². The maximum Gasteiger partial charge on any atom is 0.293 e. The summed E-state index contributed by atoms with van der Waals surface area (Å²) in [6.07, 6.45) is 2.37. The summed E-state index contributed by atoms with van der Waals surface area (Å²) in [5.41, 5.74) is 0. The Bertz CT molecular complexity index is 385. The van der Waals surface area contributed by atoms with Crippen molar-refractivity contribution in [2.75, 3.05) is 13.2 Å². The van der Waals surface area contributed by atoms with Crippen LogP contribution in [-0.4, -0.2) is 48.2 Å². The Kier molecular flexibility index (Phi) is 7.43. The molecule has 0 fully saturated rings. The van der Waals surface area contributed by atoms with Crippen LogP contribution < -0.4 is 5.32 Å². The predicted octanol–water partition coefficient (Wildman–Crippen LogP) is -1.25. The van der Waals surface area contributed by atoms with Gasteiger partial charge < -0.3 is 4.74 Å². The van der Waals surface area contributed by atoms with E-state index < -0.39 is 0 Å². The van der Waals surface area contributed by atoms with Gasteiger partial charge in [-0.25, -0.2) is 0 Å². The Balaban J connectivity index is 0.000000399. The smallest absolute Gasteiger partial charge is 0.293 e. The van der Waals surface area contributed by atoms with Gasteiger partial charge in [0.25, 0.3) is 18.3 Å². The summed E-state index contributed by atoms with van der Waals surface area (Å²) in [6.45, 7) is 3.02. The molecule has 1 rings (SSSR count). The Morgan fingerprint density at radius 2 is 1.68 bits per heavy atom. The molecule has 0 aromatic rings. The SMILES string of the molecule is CC(=O)NC(C)=O.O=COCCN1C(=O)C=CC1=O. The fraction of sp³-hybridized carbons (Fsp3) is 0.364. The van der Waals surface area contributed by atoms with E-state index >= 15 is 0 Å². The lowest BCUT2D eigenvalue weighted by Gasteiger charge is -2.11. The molecule has 1 N–H and O–H groups in total. The molecule has 0 bridgehead atoms. The van der Waals surface area contributed by atoms with Gasteiger partial charge in [-0.1, -0.05) is 0 Å². The lowest BCUT2D eigenvalue weighted by molar-refractivity contribution is -0.140. The summed E-state index contributed by atoms with van der Waals surface area (Å²) in [6, 6.07) is 0. The van der Waals surface area contributed by atoms with Crippen molar-refractivity contribution < 1.29 is 28.7 Å². The first-order valence-electron chi connectivity index (χ1n) is 5.25. The predicted molar refractivity (Wildman–Crippen MR) is 62.4 cm³/mol. The van der Waals surface area contributed by atoms with Crippen LogP contribution in [0.2, 0.25) is 0 Å². The van der Waals surface area contributed by atoms with Crippen molar-refractivity contribution in [3.8, 4) is 0 Å². The molecule has 8 heteroatoms. The first kappa shape index (κ1) is 16.5. The number of nitrogens with one attached hydrogen (secondary N) is 1. The maximum atomic E-state index is 10.9. The van der Waals surface area contributed by atoms with E-state index in [2.05, 4.69) is 4.74 Å². The van der Waals surface area contributed by atoms with Crippen LogP contribution in [0.5, 0.6) is 0 Å². The second-order valence-corrected chi connectivity index (χ2v) is 3.37. The zero-order valence-electron chi connectivity index (χ0n) is 10.5. The molecular formula is C11H14N2O6. The molecule has 0 aliphatic carbocycles. The third-order valence-corrected chi connectivity index (χ3v) is 1.75. The monoisotopic (exact) mass is 270 g/mol. The molecule has 0 atom stereocenters. The summed E-state index contributed by atoms with van der Waals surface area (Å²) in [7, 11) is 0. The van der Waals surface area contributed by atoms with Crippen molar-refractivity contribution in [3.05, 3.63) is 12.2 Å². The average Bonchev–Trinajstić information content (AvgIpc) is 2.59. The zero-order chi connectivity index (χ0) is 14.8. The molecule has 8 nitrogen and oxygen atoms in total. The van der Waals surface area contributed by atoms with Gasteiger partial charge in [0.1, 0.15) is 6.61 Å². The standard InChI is InChI=1S/C7H7NO4.C4H7NO2/c9-5-12-4-3-8-6(10)1-2-7(8)11;1-3(6)5-4(2)7/h1-2,5H,3-4H2;1-2H3,(H,5,6,7). The molecule has 0 saturated heterocycles. The Labute approximate surface area is 109 Å². The van der Waals surface area contributed by atoms with E-state index in [4.69, 9.17) is 0 Å².